The van der Waals surface area contributed by atoms with Crippen molar-refractivity contribution in [2.24, 2.45) is 5.73 Å². The molecule has 0 bridgehead atoms. The number of ether oxygens (including phenoxy) is 4. The highest BCUT2D eigenvalue weighted by molar-refractivity contribution is 5.94. The van der Waals surface area contributed by atoms with Crippen molar-refractivity contribution in [3.63, 3.8) is 0 Å². The molecule has 168 valence electrons. The SMILES string of the molecule is COc1cc2c(Oc3ccc(C(N)=O)c(C)c3)ccnc2cc1OCCN1CCOCC1. The second-order valence-electron chi connectivity index (χ2n) is 7.57. The van der Waals surface area contributed by atoms with Crippen LogP contribution in [0.25, 0.3) is 10.9 Å². The van der Waals surface area contributed by atoms with Gasteiger partial charge in [-0.05, 0) is 42.8 Å². The Labute approximate surface area is 186 Å². The third-order valence-corrected chi connectivity index (χ3v) is 5.45. The molecule has 8 nitrogen and oxygen atoms in total. The summed E-state index contributed by atoms with van der Waals surface area (Å²) in [5, 5.41) is 0.793. The lowest BCUT2D eigenvalue weighted by Crippen LogP contribution is -2.38. The first-order valence-electron chi connectivity index (χ1n) is 10.5. The van der Waals surface area contributed by atoms with Crippen LogP contribution in [0.4, 0.5) is 0 Å². The van der Waals surface area contributed by atoms with E-state index in [0.29, 0.717) is 35.2 Å². The van der Waals surface area contributed by atoms with E-state index < -0.39 is 5.91 Å². The van der Waals surface area contributed by atoms with E-state index in [4.69, 9.17) is 24.7 Å². The van der Waals surface area contributed by atoms with Crippen LogP contribution in [0, 0.1) is 6.92 Å². The Bertz CT molecular complexity index is 1110. The standard InChI is InChI=1S/C24H27N3O5/c1-16-13-17(3-4-18(16)24(25)28)32-21-5-6-26-20-15-23(22(29-2)14-19(20)21)31-12-9-27-7-10-30-11-8-27/h3-6,13-15H,7-12H2,1-2H3,(H2,25,28). The molecule has 1 aliphatic heterocycles. The monoisotopic (exact) mass is 437 g/mol. The molecule has 1 fully saturated rings. The molecule has 1 saturated heterocycles. The van der Waals surface area contributed by atoms with Crippen molar-refractivity contribution in [1.29, 1.82) is 0 Å². The van der Waals surface area contributed by atoms with E-state index >= 15 is 0 Å². The predicted octanol–water partition coefficient (Wildman–Crippen LogP) is 3.15. The number of hydrogen-bond donors (Lipinski definition) is 1. The minimum absolute atomic E-state index is 0.464. The molecule has 1 aromatic heterocycles. The van der Waals surface area contributed by atoms with Crippen molar-refractivity contribution in [1.82, 2.24) is 9.88 Å². The predicted molar refractivity (Wildman–Crippen MR) is 121 cm³/mol. The molecule has 1 aliphatic rings. The summed E-state index contributed by atoms with van der Waals surface area (Å²) in [5.74, 6) is 2.01. The molecule has 4 rings (SSSR count). The second-order valence-corrected chi connectivity index (χ2v) is 7.57. The first-order chi connectivity index (χ1) is 15.5. The summed E-state index contributed by atoms with van der Waals surface area (Å²) >= 11 is 0. The molecule has 2 heterocycles. The summed E-state index contributed by atoms with van der Waals surface area (Å²) in [5.41, 5.74) is 7.35. The highest BCUT2D eigenvalue weighted by atomic mass is 16.5. The van der Waals surface area contributed by atoms with Crippen molar-refractivity contribution in [2.75, 3.05) is 46.6 Å². The van der Waals surface area contributed by atoms with Gasteiger partial charge in [-0.15, -0.1) is 0 Å². The van der Waals surface area contributed by atoms with Crippen LogP contribution in [0.15, 0.2) is 42.6 Å². The maximum Gasteiger partial charge on any atom is 0.248 e. The number of amides is 1. The van der Waals surface area contributed by atoms with Gasteiger partial charge in [-0.25, -0.2) is 0 Å². The number of methoxy groups -OCH3 is 1. The summed E-state index contributed by atoms with van der Waals surface area (Å²) in [6, 6.07) is 10.7. The Morgan fingerprint density at radius 3 is 2.66 bits per heavy atom. The summed E-state index contributed by atoms with van der Waals surface area (Å²) in [7, 11) is 1.61. The lowest BCUT2D eigenvalue weighted by atomic mass is 10.1. The largest absolute Gasteiger partial charge is 0.493 e. The molecule has 1 amide bonds. The van der Waals surface area contributed by atoms with Crippen LogP contribution in [0.2, 0.25) is 0 Å². The number of aromatic nitrogens is 1. The zero-order valence-corrected chi connectivity index (χ0v) is 18.3. The average molecular weight is 437 g/mol. The van der Waals surface area contributed by atoms with E-state index in [-0.39, 0.29) is 0 Å². The fourth-order valence-corrected chi connectivity index (χ4v) is 3.70. The first kappa shape index (κ1) is 21.9. The number of rotatable bonds is 8. The Kier molecular flexibility index (Phi) is 6.72. The lowest BCUT2D eigenvalue weighted by molar-refractivity contribution is 0.0321. The van der Waals surface area contributed by atoms with Crippen molar-refractivity contribution in [2.45, 2.75) is 6.92 Å². The Morgan fingerprint density at radius 1 is 1.12 bits per heavy atom. The zero-order valence-electron chi connectivity index (χ0n) is 18.3. The summed E-state index contributed by atoms with van der Waals surface area (Å²) in [4.78, 5) is 18.3. The minimum atomic E-state index is -0.464. The lowest BCUT2D eigenvalue weighted by Gasteiger charge is -2.26. The highest BCUT2D eigenvalue weighted by Crippen LogP contribution is 2.37. The normalized spacial score (nSPS) is 14.3. The topological polar surface area (TPSA) is 96.1 Å². The van der Waals surface area contributed by atoms with Crippen LogP contribution in [-0.4, -0.2) is 62.4 Å². The molecule has 0 aliphatic carbocycles. The molecule has 0 saturated carbocycles. The van der Waals surface area contributed by atoms with Gasteiger partial charge in [0, 0.05) is 42.8 Å². The number of primary amides is 1. The van der Waals surface area contributed by atoms with Crippen molar-refractivity contribution < 1.29 is 23.7 Å². The van der Waals surface area contributed by atoms with E-state index in [1.165, 1.54) is 0 Å². The first-order valence-corrected chi connectivity index (χ1v) is 10.5. The van der Waals surface area contributed by atoms with Gasteiger partial charge in [0.1, 0.15) is 18.1 Å². The number of benzene rings is 2. The van der Waals surface area contributed by atoms with Gasteiger partial charge in [0.25, 0.3) is 0 Å². The number of pyridine rings is 1. The molecule has 32 heavy (non-hydrogen) atoms. The molecule has 2 aromatic carbocycles. The molecule has 0 atom stereocenters. The fraction of sp³-hybridized carbons (Fsp3) is 0.333. The minimum Gasteiger partial charge on any atom is -0.493 e. The number of fused-ring (bicyclic) bond motifs is 1. The molecular formula is C24H27N3O5. The van der Waals surface area contributed by atoms with Crippen molar-refractivity contribution in [3.8, 4) is 23.0 Å². The van der Waals surface area contributed by atoms with E-state index in [2.05, 4.69) is 9.88 Å². The molecule has 2 N–H and O–H groups in total. The van der Waals surface area contributed by atoms with Gasteiger partial charge in [-0.1, -0.05) is 0 Å². The number of carbonyl (C=O) groups is 1. The highest BCUT2D eigenvalue weighted by Gasteiger charge is 2.14. The van der Waals surface area contributed by atoms with Crippen LogP contribution in [-0.2, 0) is 4.74 Å². The number of aryl methyl sites for hydroxylation is 1. The number of nitrogens with two attached hydrogens (primary N) is 1. The number of carbonyl (C=O) groups excluding carboxylic acids is 1. The maximum atomic E-state index is 11.5. The fourth-order valence-electron chi connectivity index (χ4n) is 3.70. The van der Waals surface area contributed by atoms with Crippen LogP contribution < -0.4 is 19.9 Å². The molecule has 0 radical (unpaired) electrons. The van der Waals surface area contributed by atoms with Gasteiger partial charge in [0.15, 0.2) is 11.5 Å². The summed E-state index contributed by atoms with van der Waals surface area (Å²) in [6.45, 7) is 6.54. The van der Waals surface area contributed by atoms with Gasteiger partial charge in [-0.3, -0.25) is 14.7 Å². The van der Waals surface area contributed by atoms with Crippen LogP contribution in [0.3, 0.4) is 0 Å². The van der Waals surface area contributed by atoms with Crippen LogP contribution in [0.5, 0.6) is 23.0 Å². The molecule has 0 spiro atoms. The second kappa shape index (κ2) is 9.84. The van der Waals surface area contributed by atoms with E-state index in [0.717, 1.165) is 49.3 Å². The Hall–Kier alpha value is -3.36. The van der Waals surface area contributed by atoms with Gasteiger partial charge >= 0.3 is 0 Å². The van der Waals surface area contributed by atoms with E-state index in [9.17, 15) is 4.79 Å². The van der Waals surface area contributed by atoms with E-state index in [1.807, 2.05) is 19.1 Å². The van der Waals surface area contributed by atoms with Crippen LogP contribution in [0.1, 0.15) is 15.9 Å². The number of hydrogen-bond acceptors (Lipinski definition) is 7. The van der Waals surface area contributed by atoms with Crippen LogP contribution >= 0.6 is 0 Å². The molecule has 0 unspecified atom stereocenters. The number of morpholine rings is 1. The van der Waals surface area contributed by atoms with Gasteiger partial charge in [0.2, 0.25) is 5.91 Å². The average Bonchev–Trinajstić information content (AvgIpc) is 2.79. The third-order valence-electron chi connectivity index (χ3n) is 5.45. The van der Waals surface area contributed by atoms with Crippen molar-refractivity contribution >= 4 is 16.8 Å². The Balaban J connectivity index is 1.54. The van der Waals surface area contributed by atoms with Gasteiger partial charge < -0.3 is 24.7 Å². The molecular weight excluding hydrogens is 410 g/mol. The zero-order chi connectivity index (χ0) is 22.5. The van der Waals surface area contributed by atoms with E-state index in [1.54, 1.807) is 37.6 Å². The maximum absolute atomic E-state index is 11.5. The smallest absolute Gasteiger partial charge is 0.248 e. The molecule has 8 heteroatoms. The third kappa shape index (κ3) is 4.92. The van der Waals surface area contributed by atoms with Gasteiger partial charge in [0.05, 0.1) is 25.8 Å². The summed E-state index contributed by atoms with van der Waals surface area (Å²) < 4.78 is 23.1. The quantitative estimate of drug-likeness (QED) is 0.578. The Morgan fingerprint density at radius 2 is 1.94 bits per heavy atom. The van der Waals surface area contributed by atoms with Crippen molar-refractivity contribution in [3.05, 3.63) is 53.7 Å². The van der Waals surface area contributed by atoms with Gasteiger partial charge in [-0.2, -0.15) is 0 Å². The number of nitrogens with zero attached hydrogens (tertiary/aromatic N) is 2. The molecule has 3 aromatic rings. The summed E-state index contributed by atoms with van der Waals surface area (Å²) in [6.07, 6.45) is 1.69.